The maximum atomic E-state index is 9.18. The number of hydrogen-bond donors (Lipinski definition) is 3. The fourth-order valence-electron chi connectivity index (χ4n) is 2.56. The highest BCUT2D eigenvalue weighted by Crippen LogP contribution is 2.11. The van der Waals surface area contributed by atoms with Gasteiger partial charge in [-0.15, -0.1) is 5.10 Å². The highest BCUT2D eigenvalue weighted by atomic mass is 16.3. The van der Waals surface area contributed by atoms with Gasteiger partial charge in [-0.25, -0.2) is 0 Å². The van der Waals surface area contributed by atoms with Gasteiger partial charge in [-0.05, 0) is 19.3 Å². The topological polar surface area (TPSA) is 97.2 Å². The minimum atomic E-state index is -0.929. The first-order chi connectivity index (χ1) is 11.1. The van der Waals surface area contributed by atoms with Crippen LogP contribution in [0.2, 0.25) is 0 Å². The van der Waals surface area contributed by atoms with E-state index in [1.807, 2.05) is 10.9 Å². The molecule has 6 nitrogen and oxygen atoms in total. The van der Waals surface area contributed by atoms with Crippen molar-refractivity contribution in [2.75, 3.05) is 13.2 Å². The zero-order valence-electron chi connectivity index (χ0n) is 14.6. The van der Waals surface area contributed by atoms with Gasteiger partial charge in [-0.2, -0.15) is 0 Å². The first kappa shape index (κ1) is 20.1. The Balaban J connectivity index is 2.14. The van der Waals surface area contributed by atoms with Crippen LogP contribution in [0.4, 0.5) is 0 Å². The minimum absolute atomic E-state index is 0.226. The van der Waals surface area contributed by atoms with E-state index in [9.17, 15) is 10.2 Å². The summed E-state index contributed by atoms with van der Waals surface area (Å²) in [6.45, 7) is 2.69. The molecule has 0 amide bonds. The smallest absolute Gasteiger partial charge is 0.0827 e. The number of nitrogens with two attached hydrogens (primary N) is 1. The van der Waals surface area contributed by atoms with E-state index in [1.165, 1.54) is 44.9 Å². The molecule has 0 spiro atoms. The molecule has 4 N–H and O–H groups in total. The van der Waals surface area contributed by atoms with E-state index in [1.54, 1.807) is 0 Å². The van der Waals surface area contributed by atoms with Crippen LogP contribution < -0.4 is 5.73 Å². The van der Waals surface area contributed by atoms with E-state index in [2.05, 4.69) is 17.2 Å². The van der Waals surface area contributed by atoms with Crippen LogP contribution in [0.25, 0.3) is 0 Å². The van der Waals surface area contributed by atoms with Gasteiger partial charge >= 0.3 is 0 Å². The standard InChI is InChI=1S/C17H34N4O2/c1-2-3-4-5-6-7-8-9-12-21-13-16(19-20-21)10-11-17(18,14-22)15-23/h13,22-23H,2-12,14-15,18H2,1H3. The zero-order valence-corrected chi connectivity index (χ0v) is 14.6. The third kappa shape index (κ3) is 8.44. The monoisotopic (exact) mass is 326 g/mol. The normalized spacial score (nSPS) is 12.0. The van der Waals surface area contributed by atoms with Gasteiger partial charge in [0.2, 0.25) is 0 Å². The number of aliphatic hydroxyl groups is 2. The van der Waals surface area contributed by atoms with Gasteiger partial charge in [0, 0.05) is 12.7 Å². The molecular formula is C17H34N4O2. The molecule has 0 aliphatic carbocycles. The fraction of sp³-hybridized carbons (Fsp3) is 0.882. The molecule has 23 heavy (non-hydrogen) atoms. The summed E-state index contributed by atoms with van der Waals surface area (Å²) in [5.41, 5.74) is 5.79. The number of hydrogen-bond acceptors (Lipinski definition) is 5. The van der Waals surface area contributed by atoms with Crippen molar-refractivity contribution in [1.29, 1.82) is 0 Å². The third-order valence-electron chi connectivity index (χ3n) is 4.34. The number of aryl methyl sites for hydroxylation is 2. The van der Waals surface area contributed by atoms with Crippen LogP contribution in [0.1, 0.15) is 70.4 Å². The lowest BCUT2D eigenvalue weighted by Gasteiger charge is -2.23. The SMILES string of the molecule is CCCCCCCCCCn1cc(CCC(N)(CO)CO)nn1. The van der Waals surface area contributed by atoms with E-state index >= 15 is 0 Å². The molecule has 1 aromatic rings. The minimum Gasteiger partial charge on any atom is -0.394 e. The molecule has 6 heteroatoms. The Bertz CT molecular complexity index is 405. The largest absolute Gasteiger partial charge is 0.394 e. The van der Waals surface area contributed by atoms with Crippen LogP contribution in [-0.2, 0) is 13.0 Å². The summed E-state index contributed by atoms with van der Waals surface area (Å²) >= 11 is 0. The van der Waals surface area contributed by atoms with Crippen LogP contribution >= 0.6 is 0 Å². The summed E-state index contributed by atoms with van der Waals surface area (Å²) in [6.07, 6.45) is 13.5. The van der Waals surface area contributed by atoms with Gasteiger partial charge in [0.05, 0.1) is 24.4 Å². The van der Waals surface area contributed by atoms with Gasteiger partial charge < -0.3 is 15.9 Å². The molecular weight excluding hydrogens is 292 g/mol. The van der Waals surface area contributed by atoms with Crippen LogP contribution in [0.3, 0.4) is 0 Å². The van der Waals surface area contributed by atoms with Crippen LogP contribution in [0.5, 0.6) is 0 Å². The molecule has 1 aromatic heterocycles. The Morgan fingerprint density at radius 1 is 1.04 bits per heavy atom. The predicted octanol–water partition coefficient (Wildman–Crippen LogP) is 2.03. The van der Waals surface area contributed by atoms with E-state index in [4.69, 9.17) is 5.73 Å². The van der Waals surface area contributed by atoms with Crippen molar-refractivity contribution in [3.05, 3.63) is 11.9 Å². The zero-order chi connectivity index (χ0) is 17.0. The average molecular weight is 326 g/mol. The Morgan fingerprint density at radius 3 is 2.26 bits per heavy atom. The molecule has 0 aliphatic rings. The third-order valence-corrected chi connectivity index (χ3v) is 4.34. The Morgan fingerprint density at radius 2 is 1.65 bits per heavy atom. The molecule has 0 fully saturated rings. The summed E-state index contributed by atoms with van der Waals surface area (Å²) in [4.78, 5) is 0. The van der Waals surface area contributed by atoms with Gasteiger partial charge in [0.1, 0.15) is 0 Å². The maximum Gasteiger partial charge on any atom is 0.0827 e. The summed E-state index contributed by atoms with van der Waals surface area (Å²) in [6, 6.07) is 0. The number of aliphatic hydroxyl groups excluding tert-OH is 2. The Hall–Kier alpha value is -0.980. The fourth-order valence-corrected chi connectivity index (χ4v) is 2.56. The Kier molecular flexibility index (Phi) is 10.1. The maximum absolute atomic E-state index is 9.18. The number of aromatic nitrogens is 3. The second-order valence-electron chi connectivity index (χ2n) is 6.63. The second-order valence-corrected chi connectivity index (χ2v) is 6.63. The van der Waals surface area contributed by atoms with Crippen molar-refractivity contribution in [3.63, 3.8) is 0 Å². The molecule has 0 saturated heterocycles. The molecule has 134 valence electrons. The van der Waals surface area contributed by atoms with Gasteiger partial charge in [-0.3, -0.25) is 4.68 Å². The van der Waals surface area contributed by atoms with Crippen molar-refractivity contribution in [2.45, 2.75) is 83.2 Å². The van der Waals surface area contributed by atoms with E-state index < -0.39 is 5.54 Å². The second kappa shape index (κ2) is 11.5. The van der Waals surface area contributed by atoms with Crippen molar-refractivity contribution >= 4 is 0 Å². The lowest BCUT2D eigenvalue weighted by Crippen LogP contribution is -2.47. The summed E-state index contributed by atoms with van der Waals surface area (Å²) in [5.74, 6) is 0. The van der Waals surface area contributed by atoms with Crippen molar-refractivity contribution < 1.29 is 10.2 Å². The first-order valence-electron chi connectivity index (χ1n) is 9.03. The van der Waals surface area contributed by atoms with Gasteiger partial charge in [-0.1, -0.05) is 57.1 Å². The lowest BCUT2D eigenvalue weighted by atomic mass is 9.96. The van der Waals surface area contributed by atoms with Crippen LogP contribution in [-0.4, -0.2) is 44.0 Å². The number of nitrogens with zero attached hydrogens (tertiary/aromatic N) is 3. The van der Waals surface area contributed by atoms with Crippen molar-refractivity contribution in [1.82, 2.24) is 15.0 Å². The molecule has 0 bridgehead atoms. The van der Waals surface area contributed by atoms with E-state index in [0.29, 0.717) is 12.8 Å². The number of unbranched alkanes of at least 4 members (excludes halogenated alkanes) is 7. The molecule has 0 unspecified atom stereocenters. The first-order valence-corrected chi connectivity index (χ1v) is 9.03. The van der Waals surface area contributed by atoms with Gasteiger partial charge in [0.25, 0.3) is 0 Å². The lowest BCUT2D eigenvalue weighted by molar-refractivity contribution is 0.114. The van der Waals surface area contributed by atoms with Crippen molar-refractivity contribution in [3.8, 4) is 0 Å². The highest BCUT2D eigenvalue weighted by Gasteiger charge is 2.23. The number of rotatable bonds is 14. The van der Waals surface area contributed by atoms with Crippen LogP contribution in [0, 0.1) is 0 Å². The summed E-state index contributed by atoms with van der Waals surface area (Å²) in [7, 11) is 0. The highest BCUT2D eigenvalue weighted by molar-refractivity contribution is 4.96. The van der Waals surface area contributed by atoms with E-state index in [0.717, 1.165) is 18.7 Å². The van der Waals surface area contributed by atoms with E-state index in [-0.39, 0.29) is 13.2 Å². The van der Waals surface area contributed by atoms with Crippen LogP contribution in [0.15, 0.2) is 6.20 Å². The Labute approximate surface area is 140 Å². The summed E-state index contributed by atoms with van der Waals surface area (Å²) < 4.78 is 1.88. The molecule has 0 saturated carbocycles. The molecule has 1 heterocycles. The molecule has 0 atom stereocenters. The average Bonchev–Trinajstić information content (AvgIpc) is 3.03. The molecule has 0 aromatic carbocycles. The van der Waals surface area contributed by atoms with Gasteiger partial charge in [0.15, 0.2) is 0 Å². The predicted molar refractivity (Wildman–Crippen MR) is 92.0 cm³/mol. The molecule has 0 aliphatic heterocycles. The molecule has 1 rings (SSSR count). The summed E-state index contributed by atoms with van der Waals surface area (Å²) in [5, 5.41) is 26.6. The quantitative estimate of drug-likeness (QED) is 0.455. The molecule has 0 radical (unpaired) electrons. The van der Waals surface area contributed by atoms with Crippen molar-refractivity contribution in [2.24, 2.45) is 5.73 Å².